The minimum absolute atomic E-state index is 0.0675. The normalized spacial score (nSPS) is 22.2. The molecular formula is C15H24N2O. The lowest BCUT2D eigenvalue weighted by molar-refractivity contribution is 0.236. The molecule has 1 heterocycles. The van der Waals surface area contributed by atoms with Gasteiger partial charge in [-0.15, -0.1) is 0 Å². The second kappa shape index (κ2) is 6.88. The third-order valence-electron chi connectivity index (χ3n) is 3.92. The third-order valence-corrected chi connectivity index (χ3v) is 3.92. The van der Waals surface area contributed by atoms with E-state index in [1.165, 1.54) is 31.4 Å². The molecule has 0 aromatic heterocycles. The fourth-order valence-corrected chi connectivity index (χ4v) is 2.74. The summed E-state index contributed by atoms with van der Waals surface area (Å²) in [6.45, 7) is 2.35. The Kier molecular flexibility index (Phi) is 5.17. The minimum Gasteiger partial charge on any atom is -0.394 e. The van der Waals surface area contributed by atoms with Gasteiger partial charge < -0.3 is 15.3 Å². The molecule has 1 aromatic rings. The zero-order chi connectivity index (χ0) is 12.8. The number of nitrogens with one attached hydrogen (secondary N) is 1. The largest absolute Gasteiger partial charge is 0.394 e. The molecule has 1 aromatic carbocycles. The maximum atomic E-state index is 9.45. The molecule has 2 atom stereocenters. The summed E-state index contributed by atoms with van der Waals surface area (Å²) in [5.41, 5.74) is 1.17. The fourth-order valence-electron chi connectivity index (χ4n) is 2.74. The number of rotatable bonds is 6. The second-order valence-electron chi connectivity index (χ2n) is 5.17. The Morgan fingerprint density at radius 3 is 2.78 bits per heavy atom. The van der Waals surface area contributed by atoms with E-state index in [1.54, 1.807) is 0 Å². The number of hydrogen-bond acceptors (Lipinski definition) is 3. The summed E-state index contributed by atoms with van der Waals surface area (Å²) >= 11 is 0. The Balaban J connectivity index is 1.77. The molecule has 0 radical (unpaired) electrons. The van der Waals surface area contributed by atoms with E-state index in [4.69, 9.17) is 0 Å². The van der Waals surface area contributed by atoms with Gasteiger partial charge in [-0.1, -0.05) is 30.3 Å². The van der Waals surface area contributed by atoms with Crippen LogP contribution < -0.4 is 5.32 Å². The molecule has 18 heavy (non-hydrogen) atoms. The highest BCUT2D eigenvalue weighted by molar-refractivity contribution is 5.18. The van der Waals surface area contributed by atoms with E-state index in [0.29, 0.717) is 6.04 Å². The van der Waals surface area contributed by atoms with Gasteiger partial charge in [-0.25, -0.2) is 0 Å². The molecule has 1 saturated heterocycles. The predicted octanol–water partition coefficient (Wildman–Crippen LogP) is 1.79. The Morgan fingerprint density at radius 1 is 1.39 bits per heavy atom. The average molecular weight is 248 g/mol. The van der Waals surface area contributed by atoms with Crippen LogP contribution in [0, 0.1) is 0 Å². The highest BCUT2D eigenvalue weighted by Gasteiger charge is 2.20. The van der Waals surface area contributed by atoms with Gasteiger partial charge in [0, 0.05) is 6.04 Å². The van der Waals surface area contributed by atoms with E-state index < -0.39 is 0 Å². The molecule has 0 bridgehead atoms. The summed E-state index contributed by atoms with van der Waals surface area (Å²) in [5, 5.41) is 12.9. The monoisotopic (exact) mass is 248 g/mol. The van der Waals surface area contributed by atoms with Crippen LogP contribution in [0.2, 0.25) is 0 Å². The van der Waals surface area contributed by atoms with Crippen LogP contribution >= 0.6 is 0 Å². The topological polar surface area (TPSA) is 35.5 Å². The van der Waals surface area contributed by atoms with Crippen molar-refractivity contribution < 1.29 is 5.11 Å². The lowest BCUT2D eigenvalue weighted by atomic mass is 10.1. The summed E-state index contributed by atoms with van der Waals surface area (Å²) in [4.78, 5) is 2.44. The Hall–Kier alpha value is -0.900. The Labute approximate surface area is 110 Å². The van der Waals surface area contributed by atoms with Crippen molar-refractivity contribution >= 4 is 0 Å². The van der Waals surface area contributed by atoms with Gasteiger partial charge in [-0.2, -0.15) is 0 Å². The lowest BCUT2D eigenvalue weighted by Gasteiger charge is -2.22. The van der Waals surface area contributed by atoms with Crippen LogP contribution in [0.25, 0.3) is 0 Å². The van der Waals surface area contributed by atoms with Gasteiger partial charge in [0.1, 0.15) is 0 Å². The van der Waals surface area contributed by atoms with Crippen LogP contribution in [0.5, 0.6) is 0 Å². The van der Waals surface area contributed by atoms with Crippen molar-refractivity contribution in [2.45, 2.75) is 31.3 Å². The molecule has 0 saturated carbocycles. The van der Waals surface area contributed by atoms with Gasteiger partial charge in [0.05, 0.1) is 12.6 Å². The summed E-state index contributed by atoms with van der Waals surface area (Å²) in [6, 6.07) is 11.0. The summed E-state index contributed by atoms with van der Waals surface area (Å²) in [5.74, 6) is 0. The van der Waals surface area contributed by atoms with Crippen LogP contribution in [0.3, 0.4) is 0 Å². The highest BCUT2D eigenvalue weighted by atomic mass is 16.3. The van der Waals surface area contributed by atoms with Gasteiger partial charge in [0.2, 0.25) is 0 Å². The van der Waals surface area contributed by atoms with Crippen molar-refractivity contribution in [1.82, 2.24) is 10.2 Å². The first kappa shape index (κ1) is 13.5. The van der Waals surface area contributed by atoms with E-state index in [2.05, 4.69) is 29.4 Å². The Bertz CT molecular complexity index is 342. The zero-order valence-corrected chi connectivity index (χ0v) is 11.2. The summed E-state index contributed by atoms with van der Waals surface area (Å²) < 4.78 is 0. The van der Waals surface area contributed by atoms with E-state index in [0.717, 1.165) is 6.54 Å². The smallest absolute Gasteiger partial charge is 0.0626 e. The first-order chi connectivity index (χ1) is 8.81. The molecule has 3 heteroatoms. The van der Waals surface area contributed by atoms with Crippen molar-refractivity contribution in [3.8, 4) is 0 Å². The summed E-state index contributed by atoms with van der Waals surface area (Å²) in [7, 11) is 2.21. The van der Waals surface area contributed by atoms with Gasteiger partial charge >= 0.3 is 0 Å². The molecule has 1 aliphatic rings. The van der Waals surface area contributed by atoms with Crippen LogP contribution in [0.15, 0.2) is 30.3 Å². The molecule has 0 aliphatic carbocycles. The lowest BCUT2D eigenvalue weighted by Crippen LogP contribution is -2.31. The van der Waals surface area contributed by atoms with Crippen molar-refractivity contribution in [3.63, 3.8) is 0 Å². The van der Waals surface area contributed by atoms with Gasteiger partial charge in [0.25, 0.3) is 0 Å². The number of aliphatic hydroxyl groups excluding tert-OH is 1. The zero-order valence-electron chi connectivity index (χ0n) is 11.2. The number of nitrogens with zero attached hydrogens (tertiary/aromatic N) is 1. The molecule has 1 aliphatic heterocycles. The van der Waals surface area contributed by atoms with E-state index in [1.807, 2.05) is 18.2 Å². The SMILES string of the molecule is CN1CCCC1CCNC(CO)c1ccccc1. The van der Waals surface area contributed by atoms with Gasteiger partial charge in [-0.3, -0.25) is 0 Å². The fraction of sp³-hybridized carbons (Fsp3) is 0.600. The second-order valence-corrected chi connectivity index (χ2v) is 5.17. The molecule has 1 fully saturated rings. The molecule has 3 nitrogen and oxygen atoms in total. The van der Waals surface area contributed by atoms with Crippen molar-refractivity contribution in [2.24, 2.45) is 0 Å². The number of hydrogen-bond donors (Lipinski definition) is 2. The molecule has 2 unspecified atom stereocenters. The standard InChI is InChI=1S/C15H24N2O/c1-17-11-5-8-14(17)9-10-16-15(12-18)13-6-3-2-4-7-13/h2-4,6-7,14-16,18H,5,8-12H2,1H3. The first-order valence-corrected chi connectivity index (χ1v) is 6.90. The maximum absolute atomic E-state index is 9.45. The van der Waals surface area contributed by atoms with Crippen LogP contribution in [-0.2, 0) is 0 Å². The molecule has 0 amide bonds. The molecular weight excluding hydrogens is 224 g/mol. The van der Waals surface area contributed by atoms with E-state index >= 15 is 0 Å². The van der Waals surface area contributed by atoms with Crippen molar-refractivity contribution in [3.05, 3.63) is 35.9 Å². The highest BCUT2D eigenvalue weighted by Crippen LogP contribution is 2.18. The van der Waals surface area contributed by atoms with E-state index in [9.17, 15) is 5.11 Å². The molecule has 2 N–H and O–H groups in total. The molecule has 2 rings (SSSR count). The van der Waals surface area contributed by atoms with Gasteiger partial charge in [0.15, 0.2) is 0 Å². The van der Waals surface area contributed by atoms with Crippen LogP contribution in [0.1, 0.15) is 30.9 Å². The van der Waals surface area contributed by atoms with Crippen molar-refractivity contribution in [2.75, 3.05) is 26.7 Å². The predicted molar refractivity (Wildman–Crippen MR) is 74.5 cm³/mol. The van der Waals surface area contributed by atoms with Crippen molar-refractivity contribution in [1.29, 1.82) is 0 Å². The van der Waals surface area contributed by atoms with Gasteiger partial charge in [-0.05, 0) is 45.0 Å². The molecule has 100 valence electrons. The maximum Gasteiger partial charge on any atom is 0.0626 e. The van der Waals surface area contributed by atoms with Crippen LogP contribution in [-0.4, -0.2) is 42.8 Å². The minimum atomic E-state index is 0.0675. The first-order valence-electron chi connectivity index (χ1n) is 6.90. The number of benzene rings is 1. The average Bonchev–Trinajstić information content (AvgIpc) is 2.81. The van der Waals surface area contributed by atoms with Crippen LogP contribution in [0.4, 0.5) is 0 Å². The van der Waals surface area contributed by atoms with E-state index in [-0.39, 0.29) is 12.6 Å². The number of aliphatic hydroxyl groups is 1. The summed E-state index contributed by atoms with van der Waals surface area (Å²) in [6.07, 6.45) is 3.80. The molecule has 0 spiro atoms. The Morgan fingerprint density at radius 2 is 2.17 bits per heavy atom. The number of likely N-dealkylation sites (tertiary alicyclic amines) is 1. The quantitative estimate of drug-likeness (QED) is 0.806. The third kappa shape index (κ3) is 3.55.